The third kappa shape index (κ3) is 4.11. The van der Waals surface area contributed by atoms with Crippen LogP contribution in [0.4, 0.5) is 0 Å². The minimum absolute atomic E-state index is 0.217. The minimum atomic E-state index is -0.247. The molecule has 0 saturated heterocycles. The van der Waals surface area contributed by atoms with E-state index in [1.807, 2.05) is 12.3 Å². The Bertz CT molecular complexity index is 362. The molecule has 0 aliphatic carbocycles. The van der Waals surface area contributed by atoms with Gasteiger partial charge in [-0.3, -0.25) is 4.79 Å². The molecule has 4 heteroatoms. The fourth-order valence-electron chi connectivity index (χ4n) is 2.04. The van der Waals surface area contributed by atoms with E-state index < -0.39 is 0 Å². The van der Waals surface area contributed by atoms with Crippen molar-refractivity contribution in [3.8, 4) is 0 Å². The van der Waals surface area contributed by atoms with Crippen molar-refractivity contribution in [2.45, 2.75) is 52.4 Å². The molecule has 0 bridgehead atoms. The zero-order chi connectivity index (χ0) is 12.8. The van der Waals surface area contributed by atoms with E-state index in [0.717, 1.165) is 23.5 Å². The number of hydrogen-bond acceptors (Lipinski definition) is 3. The number of rotatable bonds is 7. The Balaban J connectivity index is 2.69. The largest absolute Gasteiger partial charge is 0.369 e. The van der Waals surface area contributed by atoms with E-state index in [2.05, 4.69) is 18.8 Å². The van der Waals surface area contributed by atoms with Gasteiger partial charge in [0.2, 0.25) is 5.91 Å². The summed E-state index contributed by atoms with van der Waals surface area (Å²) in [4.78, 5) is 16.0. The monoisotopic (exact) mass is 254 g/mol. The Morgan fingerprint density at radius 2 is 2.24 bits per heavy atom. The lowest BCUT2D eigenvalue weighted by atomic mass is 9.89. The minimum Gasteiger partial charge on any atom is -0.369 e. The number of nitrogens with two attached hydrogens (primary N) is 1. The van der Waals surface area contributed by atoms with Crippen LogP contribution in [-0.2, 0) is 4.79 Å². The standard InChI is InChI=1S/C13H22N2OS/c1-4-5-6-7-9(2)11(12(14)16)13-15-10(3)8-17-13/h8-9,11H,4-7H2,1-3H3,(H2,14,16). The van der Waals surface area contributed by atoms with Gasteiger partial charge in [0.15, 0.2) is 0 Å². The van der Waals surface area contributed by atoms with Crippen LogP contribution in [0.15, 0.2) is 5.38 Å². The Kier molecular flexibility index (Phi) is 5.62. The summed E-state index contributed by atoms with van der Waals surface area (Å²) in [6.45, 7) is 6.22. The van der Waals surface area contributed by atoms with Crippen LogP contribution < -0.4 is 5.73 Å². The first kappa shape index (κ1) is 14.2. The zero-order valence-corrected chi connectivity index (χ0v) is 11.7. The number of amides is 1. The van der Waals surface area contributed by atoms with Gasteiger partial charge >= 0.3 is 0 Å². The van der Waals surface area contributed by atoms with E-state index in [0.29, 0.717) is 0 Å². The number of aromatic nitrogens is 1. The molecule has 0 fully saturated rings. The maximum absolute atomic E-state index is 11.6. The molecule has 17 heavy (non-hydrogen) atoms. The van der Waals surface area contributed by atoms with Gasteiger partial charge in [-0.15, -0.1) is 11.3 Å². The summed E-state index contributed by atoms with van der Waals surface area (Å²) in [5.41, 5.74) is 6.48. The van der Waals surface area contributed by atoms with Gasteiger partial charge in [-0.2, -0.15) is 0 Å². The highest BCUT2D eigenvalue weighted by molar-refractivity contribution is 7.09. The molecule has 0 aromatic carbocycles. The van der Waals surface area contributed by atoms with Gasteiger partial charge in [0.05, 0.1) is 5.92 Å². The SMILES string of the molecule is CCCCCC(C)C(C(N)=O)c1nc(C)cs1. The Hall–Kier alpha value is -0.900. The van der Waals surface area contributed by atoms with Crippen LogP contribution in [0.5, 0.6) is 0 Å². The molecule has 1 amide bonds. The molecule has 2 N–H and O–H groups in total. The molecule has 1 heterocycles. The number of carbonyl (C=O) groups is 1. The van der Waals surface area contributed by atoms with Gasteiger partial charge in [-0.25, -0.2) is 4.98 Å². The summed E-state index contributed by atoms with van der Waals surface area (Å²) in [5, 5.41) is 2.85. The second-order valence-corrected chi connectivity index (χ2v) is 5.57. The van der Waals surface area contributed by atoms with Gasteiger partial charge < -0.3 is 5.73 Å². The first-order chi connectivity index (χ1) is 8.06. The van der Waals surface area contributed by atoms with E-state index >= 15 is 0 Å². The predicted octanol–water partition coefficient (Wildman–Crippen LogP) is 3.24. The van der Waals surface area contributed by atoms with Crippen molar-refractivity contribution in [2.75, 3.05) is 0 Å². The number of hydrogen-bond donors (Lipinski definition) is 1. The lowest BCUT2D eigenvalue weighted by Gasteiger charge is -2.18. The van der Waals surface area contributed by atoms with Crippen LogP contribution in [0.25, 0.3) is 0 Å². The number of thiazole rings is 1. The predicted molar refractivity (Wildman–Crippen MR) is 72.1 cm³/mol. The fraction of sp³-hybridized carbons (Fsp3) is 0.692. The average Bonchev–Trinajstić information content (AvgIpc) is 2.65. The number of unbranched alkanes of at least 4 members (excludes halogenated alkanes) is 2. The van der Waals surface area contributed by atoms with Crippen molar-refractivity contribution < 1.29 is 4.79 Å². The van der Waals surface area contributed by atoms with Crippen molar-refractivity contribution in [2.24, 2.45) is 11.7 Å². The second-order valence-electron chi connectivity index (χ2n) is 4.68. The topological polar surface area (TPSA) is 56.0 Å². The quantitative estimate of drug-likeness (QED) is 0.759. The molecule has 2 unspecified atom stereocenters. The molecule has 0 aliphatic heterocycles. The van der Waals surface area contributed by atoms with Crippen molar-refractivity contribution >= 4 is 17.2 Å². The lowest BCUT2D eigenvalue weighted by Crippen LogP contribution is -2.26. The molecular formula is C13H22N2OS. The molecule has 0 aliphatic rings. The number of aryl methyl sites for hydroxylation is 1. The summed E-state index contributed by atoms with van der Waals surface area (Å²) in [6.07, 6.45) is 4.61. The van der Waals surface area contributed by atoms with Crippen molar-refractivity contribution in [1.82, 2.24) is 4.98 Å². The van der Waals surface area contributed by atoms with Crippen molar-refractivity contribution in [3.63, 3.8) is 0 Å². The maximum Gasteiger partial charge on any atom is 0.227 e. The summed E-state index contributed by atoms with van der Waals surface area (Å²) in [5.74, 6) is -0.182. The number of carbonyl (C=O) groups excluding carboxylic acids is 1. The first-order valence-electron chi connectivity index (χ1n) is 6.27. The van der Waals surface area contributed by atoms with Crippen molar-refractivity contribution in [3.05, 3.63) is 16.1 Å². The summed E-state index contributed by atoms with van der Waals surface area (Å²) < 4.78 is 0. The average molecular weight is 254 g/mol. The van der Waals surface area contributed by atoms with Crippen LogP contribution in [0, 0.1) is 12.8 Å². The van der Waals surface area contributed by atoms with Gasteiger partial charge in [-0.1, -0.05) is 33.1 Å². The third-order valence-electron chi connectivity index (χ3n) is 3.04. The van der Waals surface area contributed by atoms with E-state index in [9.17, 15) is 4.79 Å². The highest BCUT2D eigenvalue weighted by atomic mass is 32.1. The van der Waals surface area contributed by atoms with Crippen LogP contribution in [0.1, 0.15) is 56.2 Å². The Labute approximate surface area is 107 Å². The Morgan fingerprint density at radius 3 is 2.71 bits per heavy atom. The molecular weight excluding hydrogens is 232 g/mol. The van der Waals surface area contributed by atoms with Gasteiger partial charge in [-0.05, 0) is 19.3 Å². The normalized spacial score (nSPS) is 14.5. The molecule has 1 aromatic heterocycles. The third-order valence-corrected chi connectivity index (χ3v) is 4.09. The van der Waals surface area contributed by atoms with E-state index in [1.54, 1.807) is 11.3 Å². The molecule has 0 spiro atoms. The van der Waals surface area contributed by atoms with Crippen LogP contribution >= 0.6 is 11.3 Å². The van der Waals surface area contributed by atoms with E-state index in [1.165, 1.54) is 12.8 Å². The second kappa shape index (κ2) is 6.74. The first-order valence-corrected chi connectivity index (χ1v) is 7.15. The van der Waals surface area contributed by atoms with Crippen LogP contribution in [-0.4, -0.2) is 10.9 Å². The van der Waals surface area contributed by atoms with Crippen molar-refractivity contribution in [1.29, 1.82) is 0 Å². The summed E-state index contributed by atoms with van der Waals surface area (Å²) in [7, 11) is 0. The molecule has 3 nitrogen and oxygen atoms in total. The van der Waals surface area contributed by atoms with E-state index in [-0.39, 0.29) is 17.7 Å². The maximum atomic E-state index is 11.6. The molecule has 2 atom stereocenters. The summed E-state index contributed by atoms with van der Waals surface area (Å²) in [6, 6.07) is 0. The molecule has 1 aromatic rings. The summed E-state index contributed by atoms with van der Waals surface area (Å²) >= 11 is 1.54. The molecule has 1 rings (SSSR count). The van der Waals surface area contributed by atoms with Gasteiger partial charge in [0.1, 0.15) is 5.01 Å². The zero-order valence-electron chi connectivity index (χ0n) is 10.9. The molecule has 0 radical (unpaired) electrons. The van der Waals surface area contributed by atoms with Gasteiger partial charge in [0.25, 0.3) is 0 Å². The number of primary amides is 1. The van der Waals surface area contributed by atoms with Crippen LogP contribution in [0.3, 0.4) is 0 Å². The molecule has 0 saturated carbocycles. The highest BCUT2D eigenvalue weighted by Gasteiger charge is 2.27. The van der Waals surface area contributed by atoms with E-state index in [4.69, 9.17) is 5.73 Å². The lowest BCUT2D eigenvalue weighted by molar-refractivity contribution is -0.120. The highest BCUT2D eigenvalue weighted by Crippen LogP contribution is 2.30. The van der Waals surface area contributed by atoms with Gasteiger partial charge in [0, 0.05) is 11.1 Å². The Morgan fingerprint density at radius 1 is 1.53 bits per heavy atom. The number of nitrogens with zero attached hydrogens (tertiary/aromatic N) is 1. The van der Waals surface area contributed by atoms with Crippen LogP contribution in [0.2, 0.25) is 0 Å². The smallest absolute Gasteiger partial charge is 0.227 e. The fourth-order valence-corrected chi connectivity index (χ4v) is 3.08. The molecule has 96 valence electrons.